The van der Waals surface area contributed by atoms with E-state index in [4.69, 9.17) is 9.47 Å². The molecular weight excluding hydrogens is 603 g/mol. The maximum Gasteiger partial charge on any atom is 0.389 e. The van der Waals surface area contributed by atoms with Gasteiger partial charge in [0, 0.05) is 44.8 Å². The Morgan fingerprint density at radius 1 is 1.13 bits per heavy atom. The number of hydrogen-bond acceptors (Lipinski definition) is 6. The fourth-order valence-corrected chi connectivity index (χ4v) is 5.22. The smallest absolute Gasteiger partial charge is 0.389 e. The normalized spacial score (nSPS) is 20.6. The maximum atomic E-state index is 14.2. The Morgan fingerprint density at radius 3 is 2.52 bits per heavy atom. The Hall–Kier alpha value is -3.64. The van der Waals surface area contributed by atoms with Crippen LogP contribution in [0.2, 0.25) is 0 Å². The summed E-state index contributed by atoms with van der Waals surface area (Å²) in [6.07, 6.45) is -4.73. The Labute approximate surface area is 269 Å². The lowest BCUT2D eigenvalue weighted by atomic mass is 10.0. The number of halogens is 3. The lowest BCUT2D eigenvalue weighted by Gasteiger charge is -2.36. The van der Waals surface area contributed by atoms with E-state index < -0.39 is 43.0 Å². The molecule has 0 bridgehead atoms. The van der Waals surface area contributed by atoms with Gasteiger partial charge in [0.2, 0.25) is 11.8 Å². The number of fused-ring (bicyclic) bond motifs is 1. The fourth-order valence-electron chi connectivity index (χ4n) is 5.22. The number of hydrogen-bond donors (Lipinski definition) is 2. The van der Waals surface area contributed by atoms with Crippen molar-refractivity contribution in [2.75, 3.05) is 38.7 Å². The minimum atomic E-state index is -4.47. The van der Waals surface area contributed by atoms with Crippen molar-refractivity contribution in [3.63, 3.8) is 0 Å². The number of amides is 3. The van der Waals surface area contributed by atoms with Crippen LogP contribution >= 0.6 is 0 Å². The van der Waals surface area contributed by atoms with Gasteiger partial charge in [-0.05, 0) is 56.9 Å². The Morgan fingerprint density at radius 2 is 1.85 bits per heavy atom. The monoisotopic (exact) mass is 649 g/mol. The first-order chi connectivity index (χ1) is 21.8. The number of carbonyl (C=O) groups is 3. The van der Waals surface area contributed by atoms with Crippen LogP contribution in [0.4, 0.5) is 18.9 Å². The summed E-state index contributed by atoms with van der Waals surface area (Å²) in [7, 11) is 1.73. The quantitative estimate of drug-likeness (QED) is 0.374. The molecular formula is C34H46F3N3O6. The second-order valence-corrected chi connectivity index (χ2v) is 12.1. The number of alkyl halides is 3. The molecule has 0 saturated carbocycles. The molecule has 9 nitrogen and oxygen atoms in total. The van der Waals surface area contributed by atoms with Gasteiger partial charge in [0.15, 0.2) is 0 Å². The first-order valence-corrected chi connectivity index (χ1v) is 15.8. The van der Waals surface area contributed by atoms with Gasteiger partial charge in [-0.25, -0.2) is 0 Å². The van der Waals surface area contributed by atoms with Gasteiger partial charge in [-0.15, -0.1) is 0 Å². The third-order valence-corrected chi connectivity index (χ3v) is 8.05. The van der Waals surface area contributed by atoms with E-state index in [0.717, 1.165) is 18.4 Å². The molecule has 254 valence electrons. The minimum absolute atomic E-state index is 0.0669. The van der Waals surface area contributed by atoms with E-state index in [1.54, 1.807) is 18.9 Å². The summed E-state index contributed by atoms with van der Waals surface area (Å²) in [5, 5.41) is 12.6. The summed E-state index contributed by atoms with van der Waals surface area (Å²) in [5.41, 5.74) is 1.16. The Balaban J connectivity index is 1.88. The molecule has 1 aliphatic heterocycles. The zero-order chi connectivity index (χ0) is 33.9. The van der Waals surface area contributed by atoms with Crippen molar-refractivity contribution >= 4 is 23.4 Å². The van der Waals surface area contributed by atoms with E-state index in [0.29, 0.717) is 19.6 Å². The number of rotatable bonds is 9. The number of ether oxygens (including phenoxy) is 2. The lowest BCUT2D eigenvalue weighted by molar-refractivity contribution is -0.142. The molecule has 2 N–H and O–H groups in total. The molecule has 1 heterocycles. The molecule has 2 aromatic rings. The molecule has 0 fully saturated rings. The van der Waals surface area contributed by atoms with Crippen LogP contribution in [-0.4, -0.2) is 90.4 Å². The van der Waals surface area contributed by atoms with E-state index in [1.807, 2.05) is 44.2 Å². The molecule has 0 saturated heterocycles. The van der Waals surface area contributed by atoms with E-state index in [2.05, 4.69) is 5.32 Å². The highest BCUT2D eigenvalue weighted by Gasteiger charge is 2.31. The van der Waals surface area contributed by atoms with Crippen LogP contribution in [0, 0.1) is 5.92 Å². The van der Waals surface area contributed by atoms with E-state index in [-0.39, 0.29) is 54.5 Å². The average molecular weight is 650 g/mol. The highest BCUT2D eigenvalue weighted by atomic mass is 19.4. The van der Waals surface area contributed by atoms with Crippen molar-refractivity contribution in [3.05, 3.63) is 59.7 Å². The number of nitrogens with one attached hydrogen (secondary N) is 1. The number of aliphatic hydroxyl groups excluding tert-OH is 1. The topological polar surface area (TPSA) is 108 Å². The molecule has 0 aliphatic carbocycles. The molecule has 12 heteroatoms. The Bertz CT molecular complexity index is 1290. The molecule has 0 radical (unpaired) electrons. The van der Waals surface area contributed by atoms with Crippen molar-refractivity contribution < 1.29 is 42.1 Å². The van der Waals surface area contributed by atoms with Crippen LogP contribution in [0.3, 0.4) is 0 Å². The van der Waals surface area contributed by atoms with Gasteiger partial charge in [-0.2, -0.15) is 13.2 Å². The van der Waals surface area contributed by atoms with E-state index in [1.165, 1.54) is 23.1 Å². The molecule has 3 rings (SSSR count). The molecule has 46 heavy (non-hydrogen) atoms. The SMILES string of the molecule is C[C@@H]1CCCCO[C@H](CN(C)C(=O)Cc2ccccc2)[C@H](C)CN([C@@H](C)CO)C(=O)c2cc(NC(=O)CCC(F)(F)F)ccc2O1. The van der Waals surface area contributed by atoms with E-state index >= 15 is 0 Å². The summed E-state index contributed by atoms with van der Waals surface area (Å²) in [6, 6.07) is 13.2. The van der Waals surface area contributed by atoms with Gasteiger partial charge < -0.3 is 29.7 Å². The standard InChI is InChI=1S/C34H46F3N3O6/c1-23-20-40(24(2)22-41)33(44)28-19-27(38-31(42)15-16-34(35,36)37)13-14-29(28)46-25(3)10-8-9-17-45-30(23)21-39(4)32(43)18-26-11-6-5-7-12-26/h5-7,11-14,19,23-25,30,41H,8-10,15-18,20-22H2,1-4H3,(H,38,42)/t23-,24+,25-,30-/m1/s1. The van der Waals surface area contributed by atoms with Crippen LogP contribution in [0.5, 0.6) is 5.75 Å². The third-order valence-electron chi connectivity index (χ3n) is 8.05. The van der Waals surface area contributed by atoms with Crippen molar-refractivity contribution in [3.8, 4) is 5.75 Å². The number of likely N-dealkylation sites (N-methyl/N-ethyl adjacent to an activating group) is 1. The van der Waals surface area contributed by atoms with Gasteiger partial charge in [-0.1, -0.05) is 37.3 Å². The molecule has 0 spiro atoms. The van der Waals surface area contributed by atoms with Crippen LogP contribution in [0.1, 0.15) is 68.8 Å². The van der Waals surface area contributed by atoms with Crippen molar-refractivity contribution in [2.24, 2.45) is 5.92 Å². The predicted molar refractivity (Wildman–Crippen MR) is 169 cm³/mol. The van der Waals surface area contributed by atoms with E-state index in [9.17, 15) is 32.7 Å². The zero-order valence-corrected chi connectivity index (χ0v) is 27.0. The largest absolute Gasteiger partial charge is 0.490 e. The van der Waals surface area contributed by atoms with Crippen LogP contribution in [0.15, 0.2) is 48.5 Å². The molecule has 2 aromatic carbocycles. The zero-order valence-electron chi connectivity index (χ0n) is 27.0. The van der Waals surface area contributed by atoms with Crippen LogP contribution in [0.25, 0.3) is 0 Å². The number of aliphatic hydroxyl groups is 1. The molecule has 0 unspecified atom stereocenters. The fraction of sp³-hybridized carbons (Fsp3) is 0.559. The minimum Gasteiger partial charge on any atom is -0.490 e. The van der Waals surface area contributed by atoms with Gasteiger partial charge in [0.05, 0.1) is 43.3 Å². The first kappa shape index (κ1) is 36.8. The highest BCUT2D eigenvalue weighted by molar-refractivity contribution is 5.99. The maximum absolute atomic E-state index is 14.2. The second-order valence-electron chi connectivity index (χ2n) is 12.1. The van der Waals surface area contributed by atoms with Crippen LogP contribution < -0.4 is 10.1 Å². The van der Waals surface area contributed by atoms with Crippen molar-refractivity contribution in [1.29, 1.82) is 0 Å². The van der Waals surface area contributed by atoms with Gasteiger partial charge in [-0.3, -0.25) is 14.4 Å². The lowest BCUT2D eigenvalue weighted by Crippen LogP contribution is -2.48. The van der Waals surface area contributed by atoms with Gasteiger partial charge in [0.1, 0.15) is 5.75 Å². The molecule has 1 aliphatic rings. The number of carbonyl (C=O) groups excluding carboxylic acids is 3. The number of benzene rings is 2. The molecule has 4 atom stereocenters. The number of anilines is 1. The predicted octanol–water partition coefficient (Wildman–Crippen LogP) is 5.46. The van der Waals surface area contributed by atoms with Crippen molar-refractivity contribution in [1.82, 2.24) is 9.80 Å². The Kier molecular flexibility index (Phi) is 13.9. The van der Waals surface area contributed by atoms with Crippen LogP contribution in [-0.2, 0) is 20.7 Å². The van der Waals surface area contributed by atoms with Gasteiger partial charge >= 0.3 is 6.18 Å². The molecule has 3 amide bonds. The third kappa shape index (κ3) is 11.6. The first-order valence-electron chi connectivity index (χ1n) is 15.8. The van der Waals surface area contributed by atoms with Crippen molar-refractivity contribution in [2.45, 2.75) is 83.7 Å². The van der Waals surface area contributed by atoms with Gasteiger partial charge in [0.25, 0.3) is 5.91 Å². The summed E-state index contributed by atoms with van der Waals surface area (Å²) in [5.74, 6) is -1.37. The second kappa shape index (κ2) is 17.3. The average Bonchev–Trinajstić information content (AvgIpc) is 3.01. The summed E-state index contributed by atoms with van der Waals surface area (Å²) >= 11 is 0. The highest BCUT2D eigenvalue weighted by Crippen LogP contribution is 2.29. The molecule has 0 aromatic heterocycles. The summed E-state index contributed by atoms with van der Waals surface area (Å²) < 4.78 is 50.4. The number of nitrogens with zero attached hydrogens (tertiary/aromatic N) is 2. The summed E-state index contributed by atoms with van der Waals surface area (Å²) in [4.78, 5) is 42.6. The summed E-state index contributed by atoms with van der Waals surface area (Å²) in [6.45, 7) is 6.09.